The number of hydrogen-bond acceptors (Lipinski definition) is 7. The molecule has 9 heteroatoms. The van der Waals surface area contributed by atoms with Crippen molar-refractivity contribution in [1.82, 2.24) is 25.2 Å². The lowest BCUT2D eigenvalue weighted by Gasteiger charge is -2.36. The number of hydrogen-bond donors (Lipinski definition) is 1. The van der Waals surface area contributed by atoms with Gasteiger partial charge in [-0.15, -0.1) is 0 Å². The number of carbonyl (C=O) groups excluding carboxylic acids is 1. The molecule has 29 heavy (non-hydrogen) atoms. The number of rotatable bonds is 5. The molecule has 3 aromatic heterocycles. The maximum absolute atomic E-state index is 12.5. The van der Waals surface area contributed by atoms with Crippen molar-refractivity contribution in [3.8, 4) is 11.3 Å². The number of nitrogens with one attached hydrogen (secondary N) is 1. The summed E-state index contributed by atoms with van der Waals surface area (Å²) in [4.78, 5) is 30.3. The van der Waals surface area contributed by atoms with Crippen molar-refractivity contribution in [3.05, 3.63) is 58.8 Å². The van der Waals surface area contributed by atoms with E-state index in [0.29, 0.717) is 12.3 Å². The molecule has 0 spiro atoms. The molecule has 1 saturated heterocycles. The Hall–Kier alpha value is -3.49. The van der Waals surface area contributed by atoms with E-state index in [1.54, 1.807) is 37.6 Å². The predicted molar refractivity (Wildman–Crippen MR) is 107 cm³/mol. The van der Waals surface area contributed by atoms with Crippen molar-refractivity contribution >= 4 is 11.7 Å². The van der Waals surface area contributed by atoms with Gasteiger partial charge in [0.1, 0.15) is 5.82 Å². The van der Waals surface area contributed by atoms with Gasteiger partial charge in [-0.1, -0.05) is 5.16 Å². The second-order valence-electron chi connectivity index (χ2n) is 7.02. The summed E-state index contributed by atoms with van der Waals surface area (Å²) in [5, 5.41) is 11.2. The second-order valence-corrected chi connectivity index (χ2v) is 7.02. The van der Waals surface area contributed by atoms with E-state index in [1.807, 2.05) is 6.07 Å². The maximum Gasteiger partial charge on any atom is 0.273 e. The van der Waals surface area contributed by atoms with E-state index in [9.17, 15) is 9.59 Å². The highest BCUT2D eigenvalue weighted by molar-refractivity contribution is 5.93. The smallest absolute Gasteiger partial charge is 0.273 e. The van der Waals surface area contributed by atoms with Crippen LogP contribution in [0.2, 0.25) is 0 Å². The van der Waals surface area contributed by atoms with Crippen LogP contribution in [0.5, 0.6) is 0 Å². The minimum absolute atomic E-state index is 0.0994. The summed E-state index contributed by atoms with van der Waals surface area (Å²) in [7, 11) is 1.64. The summed E-state index contributed by atoms with van der Waals surface area (Å²) in [6.07, 6.45) is 6.39. The zero-order valence-electron chi connectivity index (χ0n) is 16.1. The number of nitrogens with zero attached hydrogens (tertiary/aromatic N) is 5. The third-order valence-electron chi connectivity index (χ3n) is 5.05. The van der Waals surface area contributed by atoms with Crippen LogP contribution in [0.25, 0.3) is 11.3 Å². The molecule has 1 fully saturated rings. The van der Waals surface area contributed by atoms with Crippen LogP contribution in [0.1, 0.15) is 29.8 Å². The number of anilines is 1. The van der Waals surface area contributed by atoms with Crippen LogP contribution in [-0.4, -0.2) is 45.0 Å². The van der Waals surface area contributed by atoms with Crippen molar-refractivity contribution in [3.63, 3.8) is 0 Å². The SMILES string of the molecule is Cn1nc(N2CCCCC2CNC(=O)c2cc(-c3cccnc3)on2)ccc1=O. The van der Waals surface area contributed by atoms with Gasteiger partial charge in [-0.3, -0.25) is 14.6 Å². The van der Waals surface area contributed by atoms with Gasteiger partial charge >= 0.3 is 0 Å². The number of aromatic nitrogens is 4. The van der Waals surface area contributed by atoms with Gasteiger partial charge in [0.2, 0.25) is 0 Å². The van der Waals surface area contributed by atoms with Crippen LogP contribution in [0.3, 0.4) is 0 Å². The molecule has 1 amide bonds. The highest BCUT2D eigenvalue weighted by atomic mass is 16.5. The second kappa shape index (κ2) is 8.26. The normalized spacial score (nSPS) is 16.6. The van der Waals surface area contributed by atoms with E-state index in [4.69, 9.17) is 4.52 Å². The van der Waals surface area contributed by atoms with E-state index in [0.717, 1.165) is 37.2 Å². The molecule has 9 nitrogen and oxygen atoms in total. The molecular weight excluding hydrogens is 372 g/mol. The Morgan fingerprint density at radius 3 is 3.00 bits per heavy atom. The van der Waals surface area contributed by atoms with E-state index >= 15 is 0 Å². The minimum Gasteiger partial charge on any atom is -0.355 e. The first kappa shape index (κ1) is 18.9. The zero-order chi connectivity index (χ0) is 20.2. The Kier molecular flexibility index (Phi) is 5.37. The fourth-order valence-electron chi connectivity index (χ4n) is 3.49. The lowest BCUT2D eigenvalue weighted by atomic mass is 10.0. The molecule has 1 N–H and O–H groups in total. The predicted octanol–water partition coefficient (Wildman–Crippen LogP) is 1.62. The molecule has 1 aliphatic rings. The first-order chi connectivity index (χ1) is 14.1. The summed E-state index contributed by atoms with van der Waals surface area (Å²) < 4.78 is 6.60. The third kappa shape index (κ3) is 4.18. The summed E-state index contributed by atoms with van der Waals surface area (Å²) >= 11 is 0. The molecular formula is C20H22N6O3. The van der Waals surface area contributed by atoms with Gasteiger partial charge < -0.3 is 14.7 Å². The quantitative estimate of drug-likeness (QED) is 0.701. The Morgan fingerprint density at radius 2 is 2.21 bits per heavy atom. The van der Waals surface area contributed by atoms with Gasteiger partial charge in [0.25, 0.3) is 11.5 Å². The molecule has 1 aliphatic heterocycles. The molecule has 1 unspecified atom stereocenters. The summed E-state index contributed by atoms with van der Waals surface area (Å²) in [6, 6.07) is 8.60. The molecule has 1 atom stereocenters. The fraction of sp³-hybridized carbons (Fsp3) is 0.350. The molecule has 0 aliphatic carbocycles. The summed E-state index contributed by atoms with van der Waals surface area (Å²) in [5.41, 5.74) is 0.843. The molecule has 4 heterocycles. The van der Waals surface area contributed by atoms with Crippen molar-refractivity contribution in [1.29, 1.82) is 0 Å². The van der Waals surface area contributed by atoms with E-state index in [1.165, 1.54) is 10.7 Å². The van der Waals surface area contributed by atoms with Gasteiger partial charge in [0.15, 0.2) is 11.5 Å². The standard InChI is InChI=1S/C20H22N6O3/c1-25-19(27)8-7-18(23-25)26-10-3-2-6-15(26)13-22-20(28)16-11-17(29-24-16)14-5-4-9-21-12-14/h4-5,7-9,11-12,15H,2-3,6,10,13H2,1H3,(H,22,28). The zero-order valence-corrected chi connectivity index (χ0v) is 16.1. The van der Waals surface area contributed by atoms with Crippen molar-refractivity contribution in [2.45, 2.75) is 25.3 Å². The Labute approximate surface area is 167 Å². The number of pyridine rings is 1. The Morgan fingerprint density at radius 1 is 1.31 bits per heavy atom. The van der Waals surface area contributed by atoms with E-state index in [2.05, 4.69) is 25.5 Å². The molecule has 0 saturated carbocycles. The van der Waals surface area contributed by atoms with Crippen LogP contribution in [0.4, 0.5) is 5.82 Å². The highest BCUT2D eigenvalue weighted by Gasteiger charge is 2.25. The van der Waals surface area contributed by atoms with Crippen molar-refractivity contribution in [2.75, 3.05) is 18.0 Å². The minimum atomic E-state index is -0.289. The van der Waals surface area contributed by atoms with E-state index in [-0.39, 0.29) is 23.2 Å². The monoisotopic (exact) mass is 394 g/mol. The van der Waals surface area contributed by atoms with Gasteiger partial charge in [0, 0.05) is 56.3 Å². The average Bonchev–Trinajstić information content (AvgIpc) is 3.25. The lowest BCUT2D eigenvalue weighted by molar-refractivity contribution is 0.0940. The van der Waals surface area contributed by atoms with Crippen LogP contribution >= 0.6 is 0 Å². The average molecular weight is 394 g/mol. The van der Waals surface area contributed by atoms with Gasteiger partial charge in [-0.05, 0) is 37.5 Å². The van der Waals surface area contributed by atoms with E-state index < -0.39 is 0 Å². The topological polar surface area (TPSA) is 106 Å². The summed E-state index contributed by atoms with van der Waals surface area (Å²) in [5.74, 6) is 0.950. The third-order valence-corrected chi connectivity index (χ3v) is 5.05. The number of carbonyl (C=O) groups is 1. The largest absolute Gasteiger partial charge is 0.355 e. The number of amides is 1. The van der Waals surface area contributed by atoms with Gasteiger partial charge in [-0.25, -0.2) is 4.68 Å². The van der Waals surface area contributed by atoms with Crippen LogP contribution in [0.15, 0.2) is 52.0 Å². The number of piperidine rings is 1. The van der Waals surface area contributed by atoms with Crippen LogP contribution in [0, 0.1) is 0 Å². The Bertz CT molecular complexity index is 1050. The fourth-order valence-corrected chi connectivity index (χ4v) is 3.49. The first-order valence-electron chi connectivity index (χ1n) is 9.58. The van der Waals surface area contributed by atoms with Crippen LogP contribution in [-0.2, 0) is 7.05 Å². The Balaban J connectivity index is 1.43. The van der Waals surface area contributed by atoms with Crippen molar-refractivity contribution in [2.24, 2.45) is 7.05 Å². The summed E-state index contributed by atoms with van der Waals surface area (Å²) in [6.45, 7) is 1.29. The maximum atomic E-state index is 12.5. The molecule has 3 aromatic rings. The lowest BCUT2D eigenvalue weighted by Crippen LogP contribution is -2.47. The molecule has 0 aromatic carbocycles. The molecule has 150 valence electrons. The molecule has 0 radical (unpaired) electrons. The van der Waals surface area contributed by atoms with Crippen LogP contribution < -0.4 is 15.8 Å². The van der Waals surface area contributed by atoms with Gasteiger partial charge in [-0.2, -0.15) is 5.10 Å². The highest BCUT2D eigenvalue weighted by Crippen LogP contribution is 2.22. The molecule has 4 rings (SSSR count). The first-order valence-corrected chi connectivity index (χ1v) is 9.58. The van der Waals surface area contributed by atoms with Crippen molar-refractivity contribution < 1.29 is 9.32 Å². The molecule has 0 bridgehead atoms. The van der Waals surface area contributed by atoms with Gasteiger partial charge in [0.05, 0.1) is 0 Å². The number of aryl methyl sites for hydroxylation is 1.